The Morgan fingerprint density at radius 1 is 0.863 bits per heavy atom. The molecule has 0 unspecified atom stereocenters. The summed E-state index contributed by atoms with van der Waals surface area (Å²) >= 11 is 0. The standard InChI is InChI=1S/C38H39N3.C5H9N.2C2H6/c1-6-11-29(7-2)31-18-20-39-25-37-32(23-27(4)26(3)22-31)14-15-33-34(37)16-17-36-35(33)19-21-40-41-38(36)24-28(5)30-12-9-8-10-13-30;1-3-5-6-4-2;2*1-2/h6-7,9,11-13,16-25,39-40H,3-4,8,10,14-15H2,1-2,5H3;3-6H,2H2,1H3;2*1-2H3/b11-6-,20-18-,28-24+,29-7+,31-22+,32-23-,37-25+;5-3-;;. The molecule has 4 nitrogen and oxygen atoms in total. The highest BCUT2D eigenvalue weighted by atomic mass is 15.3. The molecule has 0 spiro atoms. The van der Waals surface area contributed by atoms with Gasteiger partial charge in [0.25, 0.3) is 0 Å². The number of hydrazone groups is 1. The van der Waals surface area contributed by atoms with E-state index in [1.165, 1.54) is 39.0 Å². The Morgan fingerprint density at radius 2 is 1.61 bits per heavy atom. The van der Waals surface area contributed by atoms with E-state index in [0.29, 0.717) is 0 Å². The summed E-state index contributed by atoms with van der Waals surface area (Å²) in [5.74, 6) is 0. The SMILES string of the molecule is C=C1/C=C2/CCc3c(ccc4c3C=CNN=C4/C=C(\C)C3=CCCC=C3)/C2=C/N\C=C/C(C(/C=C\C)=C/C)=C\C1=C.C=CN/C=C\C.CC.CC. The second-order valence-electron chi connectivity index (χ2n) is 11.5. The highest BCUT2D eigenvalue weighted by Crippen LogP contribution is 2.40. The summed E-state index contributed by atoms with van der Waals surface area (Å²) in [5, 5.41) is 11.0. The molecular formula is C47H60N4. The lowest BCUT2D eigenvalue weighted by atomic mass is 9.79. The molecule has 4 heteroatoms. The van der Waals surface area contributed by atoms with Gasteiger partial charge < -0.3 is 10.6 Å². The van der Waals surface area contributed by atoms with Crippen molar-refractivity contribution >= 4 is 17.4 Å². The third-order valence-electron chi connectivity index (χ3n) is 8.28. The van der Waals surface area contributed by atoms with E-state index in [9.17, 15) is 0 Å². The smallest absolute Gasteiger partial charge is 0.0914 e. The molecule has 1 aromatic carbocycles. The van der Waals surface area contributed by atoms with Crippen molar-refractivity contribution < 1.29 is 0 Å². The van der Waals surface area contributed by atoms with E-state index < -0.39 is 0 Å². The quantitative estimate of drug-likeness (QED) is 0.262. The maximum atomic E-state index is 4.72. The van der Waals surface area contributed by atoms with Crippen LogP contribution in [0.5, 0.6) is 0 Å². The van der Waals surface area contributed by atoms with Gasteiger partial charge >= 0.3 is 0 Å². The summed E-state index contributed by atoms with van der Waals surface area (Å²) in [6.07, 6.45) is 39.3. The van der Waals surface area contributed by atoms with E-state index in [2.05, 4.69) is 135 Å². The first-order valence-electron chi connectivity index (χ1n) is 18.3. The molecule has 2 aliphatic carbocycles. The fourth-order valence-electron chi connectivity index (χ4n) is 5.86. The van der Waals surface area contributed by atoms with Crippen LogP contribution in [0.4, 0.5) is 0 Å². The summed E-state index contributed by atoms with van der Waals surface area (Å²) in [6, 6.07) is 4.47. The van der Waals surface area contributed by atoms with Crippen molar-refractivity contribution in [1.82, 2.24) is 16.1 Å². The minimum absolute atomic E-state index is 0.912. The van der Waals surface area contributed by atoms with Crippen LogP contribution in [0, 0.1) is 0 Å². The van der Waals surface area contributed by atoms with E-state index in [1.807, 2.05) is 66.2 Å². The first kappa shape index (κ1) is 41.8. The molecule has 3 N–H and O–H groups in total. The summed E-state index contributed by atoms with van der Waals surface area (Å²) < 4.78 is 0. The van der Waals surface area contributed by atoms with Crippen LogP contribution < -0.4 is 16.1 Å². The van der Waals surface area contributed by atoms with Gasteiger partial charge in [-0.1, -0.05) is 108 Å². The topological polar surface area (TPSA) is 48.5 Å². The van der Waals surface area contributed by atoms with E-state index in [1.54, 1.807) is 6.20 Å². The minimum atomic E-state index is 0.912. The molecular weight excluding hydrogens is 621 g/mol. The van der Waals surface area contributed by atoms with Gasteiger partial charge in [-0.15, -0.1) is 0 Å². The summed E-state index contributed by atoms with van der Waals surface area (Å²) in [4.78, 5) is 0. The van der Waals surface area contributed by atoms with Gasteiger partial charge in [-0.2, -0.15) is 5.10 Å². The second kappa shape index (κ2) is 23.1. The van der Waals surface area contributed by atoms with Crippen molar-refractivity contribution in [2.45, 2.75) is 81.1 Å². The Bertz CT molecular complexity index is 1770. The lowest BCUT2D eigenvalue weighted by Crippen LogP contribution is -2.13. The Balaban J connectivity index is 0.000000806. The van der Waals surface area contributed by atoms with Gasteiger partial charge in [-0.25, -0.2) is 0 Å². The molecule has 2 heterocycles. The van der Waals surface area contributed by atoms with Crippen LogP contribution in [0.25, 0.3) is 11.6 Å². The predicted molar refractivity (Wildman–Crippen MR) is 228 cm³/mol. The molecule has 0 amide bonds. The van der Waals surface area contributed by atoms with Gasteiger partial charge in [0.05, 0.1) is 5.71 Å². The highest BCUT2D eigenvalue weighted by Gasteiger charge is 2.24. The monoisotopic (exact) mass is 680 g/mol. The zero-order valence-electron chi connectivity index (χ0n) is 32.4. The highest BCUT2D eigenvalue weighted by molar-refractivity contribution is 6.12. The summed E-state index contributed by atoms with van der Waals surface area (Å²) in [5.41, 5.74) is 18.1. The number of hydrogen-bond acceptors (Lipinski definition) is 4. The maximum absolute atomic E-state index is 4.72. The first-order chi connectivity index (χ1) is 24.9. The number of benzene rings is 1. The molecule has 0 fully saturated rings. The molecule has 0 aromatic heterocycles. The van der Waals surface area contributed by atoms with Gasteiger partial charge in [0, 0.05) is 29.7 Å². The molecule has 1 aromatic rings. The normalized spacial score (nSPS) is 20.5. The van der Waals surface area contributed by atoms with E-state index in [4.69, 9.17) is 5.10 Å². The van der Waals surface area contributed by atoms with Crippen LogP contribution >= 0.6 is 0 Å². The molecule has 0 saturated heterocycles. The molecule has 0 atom stereocenters. The molecule has 51 heavy (non-hydrogen) atoms. The first-order valence-corrected chi connectivity index (χ1v) is 18.3. The van der Waals surface area contributed by atoms with Crippen LogP contribution in [0.3, 0.4) is 0 Å². The predicted octanol–water partition coefficient (Wildman–Crippen LogP) is 12.4. The number of rotatable bonds is 6. The van der Waals surface area contributed by atoms with E-state index >= 15 is 0 Å². The number of nitrogens with zero attached hydrogens (tertiary/aromatic N) is 1. The van der Waals surface area contributed by atoms with E-state index in [0.717, 1.165) is 59.3 Å². The van der Waals surface area contributed by atoms with Crippen molar-refractivity contribution in [2.75, 3.05) is 0 Å². The largest absolute Gasteiger partial charge is 0.369 e. The van der Waals surface area contributed by atoms with Gasteiger partial charge in [0.15, 0.2) is 0 Å². The lowest BCUT2D eigenvalue weighted by molar-refractivity contribution is 0.930. The van der Waals surface area contributed by atoms with Crippen LogP contribution in [0.15, 0.2) is 174 Å². The molecule has 5 rings (SSSR count). The third kappa shape index (κ3) is 11.9. The van der Waals surface area contributed by atoms with Crippen molar-refractivity contribution in [3.8, 4) is 0 Å². The molecule has 268 valence electrons. The van der Waals surface area contributed by atoms with Gasteiger partial charge in [-0.05, 0) is 146 Å². The van der Waals surface area contributed by atoms with Crippen molar-refractivity contribution in [3.05, 3.63) is 191 Å². The fourth-order valence-corrected chi connectivity index (χ4v) is 5.86. The van der Waals surface area contributed by atoms with Crippen molar-refractivity contribution in [2.24, 2.45) is 5.10 Å². The second-order valence-corrected chi connectivity index (χ2v) is 11.5. The van der Waals surface area contributed by atoms with Crippen LogP contribution in [0.2, 0.25) is 0 Å². The fraction of sp³-hybridized carbons (Fsp3) is 0.255. The van der Waals surface area contributed by atoms with Gasteiger partial charge in [0.1, 0.15) is 0 Å². The number of hydrogen-bond donors (Lipinski definition) is 3. The summed E-state index contributed by atoms with van der Waals surface area (Å²) in [7, 11) is 0. The average Bonchev–Trinajstić information content (AvgIpc) is 3.39. The molecule has 0 saturated carbocycles. The van der Waals surface area contributed by atoms with Gasteiger partial charge in [-0.3, -0.25) is 5.43 Å². The van der Waals surface area contributed by atoms with Crippen LogP contribution in [-0.2, 0) is 6.42 Å². The maximum Gasteiger partial charge on any atom is 0.0914 e. The third-order valence-corrected chi connectivity index (χ3v) is 8.28. The Morgan fingerprint density at radius 3 is 2.25 bits per heavy atom. The van der Waals surface area contributed by atoms with Crippen molar-refractivity contribution in [3.63, 3.8) is 0 Å². The van der Waals surface area contributed by atoms with Crippen LogP contribution in [-0.4, -0.2) is 5.71 Å². The molecule has 2 aliphatic heterocycles. The van der Waals surface area contributed by atoms with Gasteiger partial charge in [0.2, 0.25) is 0 Å². The molecule has 4 aliphatic rings. The van der Waals surface area contributed by atoms with E-state index in [-0.39, 0.29) is 0 Å². The Labute approximate surface area is 309 Å². The average molecular weight is 681 g/mol. The molecule has 0 bridgehead atoms. The van der Waals surface area contributed by atoms with Crippen molar-refractivity contribution in [1.29, 1.82) is 0 Å². The summed E-state index contributed by atoms with van der Waals surface area (Å²) in [6.45, 7) is 28.4. The lowest BCUT2D eigenvalue weighted by Gasteiger charge is -2.26. The Kier molecular flexibility index (Phi) is 19.0. The number of allylic oxidation sites excluding steroid dienone is 19. The number of nitrogens with one attached hydrogen (secondary N) is 3. The Hall–Kier alpha value is -5.35. The van der Waals surface area contributed by atoms with Crippen LogP contribution in [0.1, 0.15) is 96.9 Å². The zero-order valence-corrected chi connectivity index (χ0v) is 32.4. The zero-order chi connectivity index (χ0) is 37.6. The molecule has 0 radical (unpaired) electrons. The number of fused-ring (bicyclic) bond motifs is 5. The minimum Gasteiger partial charge on any atom is -0.369 e.